The standard InChI is InChI=1S/C8H11N3O4/c9-7(12)14-4-6-2-1-3-11(6)5-15-8(10)13/h1-3H,4-5H2,(H2,9,12)(H2,10,13). The molecule has 0 atom stereocenters. The van der Waals surface area contributed by atoms with E-state index >= 15 is 0 Å². The Kier molecular flexibility index (Phi) is 3.55. The monoisotopic (exact) mass is 213 g/mol. The number of rotatable bonds is 4. The van der Waals surface area contributed by atoms with Gasteiger partial charge in [-0.2, -0.15) is 0 Å². The van der Waals surface area contributed by atoms with Crippen LogP contribution in [0.5, 0.6) is 0 Å². The number of hydrogen-bond acceptors (Lipinski definition) is 4. The molecule has 0 aromatic carbocycles. The molecular weight excluding hydrogens is 202 g/mol. The fraction of sp³-hybridized carbons (Fsp3) is 0.250. The Bertz CT molecular complexity index is 328. The van der Waals surface area contributed by atoms with Crippen LogP contribution in [0.4, 0.5) is 9.59 Å². The lowest BCUT2D eigenvalue weighted by Gasteiger charge is -2.08. The molecule has 7 heteroatoms. The molecule has 0 fully saturated rings. The number of hydrogen-bond donors (Lipinski definition) is 2. The minimum absolute atomic E-state index is 0.0183. The number of carbonyl (C=O) groups excluding carboxylic acids is 2. The molecule has 0 unspecified atom stereocenters. The highest BCUT2D eigenvalue weighted by atomic mass is 16.6. The summed E-state index contributed by atoms with van der Waals surface area (Å²) in [4.78, 5) is 20.7. The van der Waals surface area contributed by atoms with E-state index in [1.807, 2.05) is 0 Å². The molecule has 0 aliphatic heterocycles. The molecule has 0 aliphatic carbocycles. The van der Waals surface area contributed by atoms with E-state index in [1.165, 1.54) is 0 Å². The second-order valence-electron chi connectivity index (χ2n) is 2.67. The van der Waals surface area contributed by atoms with Crippen LogP contribution in [0, 0.1) is 0 Å². The third kappa shape index (κ3) is 3.59. The van der Waals surface area contributed by atoms with Crippen LogP contribution >= 0.6 is 0 Å². The molecule has 15 heavy (non-hydrogen) atoms. The van der Waals surface area contributed by atoms with Crippen LogP contribution in [0.3, 0.4) is 0 Å². The van der Waals surface area contributed by atoms with Crippen LogP contribution in [0.2, 0.25) is 0 Å². The Balaban J connectivity index is 2.53. The first-order valence-corrected chi connectivity index (χ1v) is 4.08. The summed E-state index contributed by atoms with van der Waals surface area (Å²) >= 11 is 0. The van der Waals surface area contributed by atoms with Crippen molar-refractivity contribution in [3.8, 4) is 0 Å². The van der Waals surface area contributed by atoms with E-state index in [1.54, 1.807) is 22.9 Å². The predicted molar refractivity (Wildman–Crippen MR) is 49.5 cm³/mol. The average molecular weight is 213 g/mol. The van der Waals surface area contributed by atoms with Crippen LogP contribution in [0.15, 0.2) is 18.3 Å². The van der Waals surface area contributed by atoms with E-state index in [0.29, 0.717) is 5.69 Å². The van der Waals surface area contributed by atoms with E-state index in [2.05, 4.69) is 9.47 Å². The highest BCUT2D eigenvalue weighted by Gasteiger charge is 2.04. The Morgan fingerprint density at radius 3 is 2.53 bits per heavy atom. The van der Waals surface area contributed by atoms with Crippen molar-refractivity contribution < 1.29 is 19.1 Å². The van der Waals surface area contributed by atoms with Crippen LogP contribution < -0.4 is 11.5 Å². The van der Waals surface area contributed by atoms with Crippen molar-refractivity contribution in [2.75, 3.05) is 0 Å². The Labute approximate surface area is 85.5 Å². The van der Waals surface area contributed by atoms with Gasteiger partial charge in [-0.25, -0.2) is 9.59 Å². The predicted octanol–water partition coefficient (Wildman–Crippen LogP) is 0.136. The van der Waals surface area contributed by atoms with Crippen LogP contribution in [0.25, 0.3) is 0 Å². The number of aromatic nitrogens is 1. The lowest BCUT2D eigenvalue weighted by Crippen LogP contribution is -2.18. The first kappa shape index (κ1) is 10.9. The maximum absolute atomic E-state index is 10.4. The topological polar surface area (TPSA) is 110 Å². The minimum Gasteiger partial charge on any atom is -0.443 e. The maximum Gasteiger partial charge on any atom is 0.406 e. The second-order valence-corrected chi connectivity index (χ2v) is 2.67. The smallest absolute Gasteiger partial charge is 0.406 e. The van der Waals surface area contributed by atoms with Crippen molar-refractivity contribution in [3.05, 3.63) is 24.0 Å². The molecule has 1 heterocycles. The van der Waals surface area contributed by atoms with Crippen LogP contribution in [-0.4, -0.2) is 16.8 Å². The molecule has 0 aliphatic rings. The van der Waals surface area contributed by atoms with Crippen molar-refractivity contribution >= 4 is 12.2 Å². The maximum atomic E-state index is 10.4. The largest absolute Gasteiger partial charge is 0.443 e. The van der Waals surface area contributed by atoms with Gasteiger partial charge in [-0.3, -0.25) is 0 Å². The van der Waals surface area contributed by atoms with Crippen molar-refractivity contribution in [2.45, 2.75) is 13.3 Å². The molecule has 2 amide bonds. The third-order valence-electron chi connectivity index (χ3n) is 1.63. The van der Waals surface area contributed by atoms with Gasteiger partial charge in [0.25, 0.3) is 0 Å². The Morgan fingerprint density at radius 2 is 1.93 bits per heavy atom. The molecule has 4 N–H and O–H groups in total. The van der Waals surface area contributed by atoms with Gasteiger partial charge in [-0.15, -0.1) is 0 Å². The molecule has 1 aromatic heterocycles. The van der Waals surface area contributed by atoms with Gasteiger partial charge in [0.2, 0.25) is 0 Å². The summed E-state index contributed by atoms with van der Waals surface area (Å²) < 4.78 is 10.7. The number of amides is 2. The van der Waals surface area contributed by atoms with Gasteiger partial charge in [-0.1, -0.05) is 0 Å². The van der Waals surface area contributed by atoms with Crippen molar-refractivity contribution in [3.63, 3.8) is 0 Å². The molecule has 1 rings (SSSR count). The van der Waals surface area contributed by atoms with Gasteiger partial charge in [-0.05, 0) is 12.1 Å². The molecule has 0 bridgehead atoms. The van der Waals surface area contributed by atoms with Crippen molar-refractivity contribution in [1.29, 1.82) is 0 Å². The van der Waals surface area contributed by atoms with Gasteiger partial charge in [0.05, 0.1) is 5.69 Å². The minimum atomic E-state index is -0.870. The summed E-state index contributed by atoms with van der Waals surface area (Å²) in [6, 6.07) is 3.41. The first-order chi connectivity index (χ1) is 7.09. The molecule has 0 saturated carbocycles. The summed E-state index contributed by atoms with van der Waals surface area (Å²) in [7, 11) is 0. The highest BCUT2D eigenvalue weighted by molar-refractivity contribution is 5.64. The summed E-state index contributed by atoms with van der Waals surface area (Å²) in [5.41, 5.74) is 10.3. The fourth-order valence-electron chi connectivity index (χ4n) is 0.985. The number of primary amides is 2. The molecule has 1 aromatic rings. The highest BCUT2D eigenvalue weighted by Crippen LogP contribution is 2.04. The van der Waals surface area contributed by atoms with Gasteiger partial charge in [0.1, 0.15) is 6.61 Å². The zero-order chi connectivity index (χ0) is 11.3. The normalized spacial score (nSPS) is 9.60. The fourth-order valence-corrected chi connectivity index (χ4v) is 0.985. The molecule has 82 valence electrons. The van der Waals surface area contributed by atoms with E-state index in [-0.39, 0.29) is 13.3 Å². The number of nitrogens with two attached hydrogens (primary N) is 2. The lowest BCUT2D eigenvalue weighted by molar-refractivity contribution is 0.114. The summed E-state index contributed by atoms with van der Waals surface area (Å²) in [5, 5.41) is 0. The quantitative estimate of drug-likeness (QED) is 0.740. The summed E-state index contributed by atoms with van der Waals surface area (Å²) in [6.45, 7) is -0.00968. The molecule has 0 radical (unpaired) electrons. The van der Waals surface area contributed by atoms with Gasteiger partial charge in [0, 0.05) is 6.20 Å². The molecule has 0 spiro atoms. The van der Waals surface area contributed by atoms with Crippen molar-refractivity contribution in [2.24, 2.45) is 11.5 Å². The Hall–Kier alpha value is -2.18. The van der Waals surface area contributed by atoms with Crippen LogP contribution in [-0.2, 0) is 22.8 Å². The van der Waals surface area contributed by atoms with Gasteiger partial charge >= 0.3 is 12.2 Å². The SMILES string of the molecule is NC(=O)OCc1cccn1COC(N)=O. The zero-order valence-corrected chi connectivity index (χ0v) is 7.88. The number of ether oxygens (including phenoxy) is 2. The zero-order valence-electron chi connectivity index (χ0n) is 7.88. The van der Waals surface area contributed by atoms with E-state index in [9.17, 15) is 9.59 Å². The van der Waals surface area contributed by atoms with E-state index < -0.39 is 12.2 Å². The van der Waals surface area contributed by atoms with Crippen LogP contribution in [0.1, 0.15) is 5.69 Å². The average Bonchev–Trinajstić information content (AvgIpc) is 2.58. The van der Waals surface area contributed by atoms with E-state index in [0.717, 1.165) is 0 Å². The third-order valence-corrected chi connectivity index (χ3v) is 1.63. The molecule has 7 nitrogen and oxygen atoms in total. The first-order valence-electron chi connectivity index (χ1n) is 4.08. The van der Waals surface area contributed by atoms with Crippen molar-refractivity contribution in [1.82, 2.24) is 4.57 Å². The van der Waals surface area contributed by atoms with Gasteiger partial charge in [0.15, 0.2) is 6.73 Å². The molecular formula is C8H11N3O4. The Morgan fingerprint density at radius 1 is 1.27 bits per heavy atom. The summed E-state index contributed by atoms with van der Waals surface area (Å²) in [6.07, 6.45) is -0.0770. The molecule has 0 saturated heterocycles. The number of carbonyl (C=O) groups is 2. The lowest BCUT2D eigenvalue weighted by atomic mass is 10.4. The number of nitrogens with zero attached hydrogens (tertiary/aromatic N) is 1. The second kappa shape index (κ2) is 4.89. The van der Waals surface area contributed by atoms with Gasteiger partial charge < -0.3 is 25.5 Å². The summed E-state index contributed by atoms with van der Waals surface area (Å²) in [5.74, 6) is 0. The van der Waals surface area contributed by atoms with E-state index in [4.69, 9.17) is 11.5 Å².